The quantitative estimate of drug-likeness (QED) is 0.195. The van der Waals surface area contributed by atoms with Crippen molar-refractivity contribution in [3.63, 3.8) is 0 Å². The zero-order chi connectivity index (χ0) is 25.9. The van der Waals surface area contributed by atoms with E-state index in [1.165, 1.54) is 0 Å². The fraction of sp³-hybridized carbons (Fsp3) is 0.304. The monoisotopic (exact) mass is 514 g/mol. The molecule has 6 nitrogen and oxygen atoms in total. The van der Waals surface area contributed by atoms with Crippen LogP contribution in [-0.4, -0.2) is 35.7 Å². The summed E-state index contributed by atoms with van der Waals surface area (Å²) in [5.74, 6) is -8.76. The number of rotatable bonds is 8. The Bertz CT molecular complexity index is 1240. The number of anilines is 1. The van der Waals surface area contributed by atoms with Crippen LogP contribution in [0.5, 0.6) is 11.5 Å². The molecule has 3 rings (SSSR count). The first-order chi connectivity index (χ1) is 16.6. The fourth-order valence-electron chi connectivity index (χ4n) is 3.48. The van der Waals surface area contributed by atoms with Crippen molar-refractivity contribution in [2.24, 2.45) is 0 Å². The summed E-state index contributed by atoms with van der Waals surface area (Å²) in [6, 6.07) is 5.56. The predicted molar refractivity (Wildman–Crippen MR) is 125 cm³/mol. The van der Waals surface area contributed by atoms with Gasteiger partial charge in [-0.3, -0.25) is 4.68 Å². The average Bonchev–Trinajstić information content (AvgIpc) is 3.11. The van der Waals surface area contributed by atoms with Crippen molar-refractivity contribution in [3.05, 3.63) is 69.8 Å². The minimum atomic E-state index is -2.20. The minimum absolute atomic E-state index is 0.271. The summed E-state index contributed by atoms with van der Waals surface area (Å²) in [7, 11) is 3.11. The second kappa shape index (κ2) is 10.9. The molecule has 2 N–H and O–H groups in total. The molecular weight excluding hydrogens is 491 g/mol. The number of nitrogens with one attached hydrogen (secondary N) is 2. The van der Waals surface area contributed by atoms with Gasteiger partial charge in [0.05, 0.1) is 43.4 Å². The summed E-state index contributed by atoms with van der Waals surface area (Å²) >= 11 is 5.32. The summed E-state index contributed by atoms with van der Waals surface area (Å²) in [4.78, 5) is 0. The number of benzene rings is 2. The lowest BCUT2D eigenvalue weighted by molar-refractivity contribution is 0.354. The fourth-order valence-corrected chi connectivity index (χ4v) is 3.69. The van der Waals surface area contributed by atoms with E-state index in [2.05, 4.69) is 15.7 Å². The predicted octanol–water partition coefficient (Wildman–Crippen LogP) is 4.79. The molecule has 1 aromatic heterocycles. The van der Waals surface area contributed by atoms with Crippen LogP contribution in [0.25, 0.3) is 0 Å². The number of ether oxygens (including phenoxy) is 2. The molecule has 0 saturated heterocycles. The van der Waals surface area contributed by atoms with Crippen molar-refractivity contribution in [2.75, 3.05) is 26.1 Å². The highest BCUT2D eigenvalue weighted by Gasteiger charge is 2.26. The number of thiocarbonyl (C=S) groups is 1. The van der Waals surface area contributed by atoms with Gasteiger partial charge in [-0.1, -0.05) is 6.07 Å². The molecule has 0 aliphatic heterocycles. The number of aromatic nitrogens is 2. The highest BCUT2D eigenvalue weighted by atomic mass is 32.1. The van der Waals surface area contributed by atoms with Gasteiger partial charge in [-0.05, 0) is 50.2 Å². The molecular formula is C23H23F5N4O2S. The molecule has 0 saturated carbocycles. The molecule has 2 aromatic carbocycles. The van der Waals surface area contributed by atoms with Gasteiger partial charge in [0.25, 0.3) is 0 Å². The van der Waals surface area contributed by atoms with Crippen molar-refractivity contribution < 1.29 is 31.4 Å². The third-order valence-corrected chi connectivity index (χ3v) is 5.62. The SMILES string of the molecule is COc1ccc(CCNC(=S)Nc2c(C)nn(Cc3c(F)c(F)c(F)c(F)c3F)c2C)cc1OC. The molecule has 0 aliphatic rings. The number of methoxy groups -OCH3 is 2. The van der Waals surface area contributed by atoms with E-state index in [9.17, 15) is 22.0 Å². The van der Waals surface area contributed by atoms with Gasteiger partial charge in [0.15, 0.2) is 39.9 Å². The summed E-state index contributed by atoms with van der Waals surface area (Å²) in [5, 5.41) is 10.4. The van der Waals surface area contributed by atoms with Crippen LogP contribution in [0.3, 0.4) is 0 Å². The Kier molecular flexibility index (Phi) is 8.15. The van der Waals surface area contributed by atoms with Gasteiger partial charge < -0.3 is 20.1 Å². The van der Waals surface area contributed by atoms with E-state index in [-0.39, 0.29) is 5.11 Å². The van der Waals surface area contributed by atoms with Gasteiger partial charge in [0, 0.05) is 6.54 Å². The lowest BCUT2D eigenvalue weighted by Gasteiger charge is -2.13. The molecule has 0 bridgehead atoms. The zero-order valence-electron chi connectivity index (χ0n) is 19.4. The van der Waals surface area contributed by atoms with Crippen molar-refractivity contribution in [1.29, 1.82) is 0 Å². The molecule has 0 spiro atoms. The maximum atomic E-state index is 14.1. The normalized spacial score (nSPS) is 10.9. The number of hydrogen-bond acceptors (Lipinski definition) is 4. The highest BCUT2D eigenvalue weighted by Crippen LogP contribution is 2.28. The molecule has 0 amide bonds. The summed E-state index contributed by atoms with van der Waals surface area (Å²) in [6.45, 7) is 3.04. The number of aryl methyl sites for hydroxylation is 1. The van der Waals surface area contributed by atoms with Gasteiger partial charge in [-0.2, -0.15) is 5.10 Å². The van der Waals surface area contributed by atoms with E-state index in [1.54, 1.807) is 34.1 Å². The Morgan fingerprint density at radius 1 is 0.943 bits per heavy atom. The molecule has 0 unspecified atom stereocenters. The van der Waals surface area contributed by atoms with E-state index >= 15 is 0 Å². The van der Waals surface area contributed by atoms with E-state index in [1.807, 2.05) is 12.1 Å². The number of halogens is 5. The van der Waals surface area contributed by atoms with Gasteiger partial charge >= 0.3 is 0 Å². The molecule has 0 atom stereocenters. The first-order valence-corrected chi connectivity index (χ1v) is 10.8. The molecule has 0 fully saturated rings. The van der Waals surface area contributed by atoms with Crippen molar-refractivity contribution >= 4 is 23.0 Å². The summed E-state index contributed by atoms with van der Waals surface area (Å²) in [5.41, 5.74) is 1.29. The summed E-state index contributed by atoms with van der Waals surface area (Å²) in [6.07, 6.45) is 0.625. The second-order valence-corrected chi connectivity index (χ2v) is 7.98. The Morgan fingerprint density at radius 2 is 1.54 bits per heavy atom. The van der Waals surface area contributed by atoms with Crippen LogP contribution in [0, 0.1) is 42.9 Å². The molecule has 188 valence electrons. The van der Waals surface area contributed by atoms with Crippen molar-refractivity contribution in [2.45, 2.75) is 26.8 Å². The second-order valence-electron chi connectivity index (χ2n) is 7.57. The van der Waals surface area contributed by atoms with Crippen LogP contribution in [0.1, 0.15) is 22.5 Å². The lowest BCUT2D eigenvalue weighted by atomic mass is 10.1. The molecule has 35 heavy (non-hydrogen) atoms. The van der Waals surface area contributed by atoms with Gasteiger partial charge in [0.2, 0.25) is 5.82 Å². The minimum Gasteiger partial charge on any atom is -0.493 e. The highest BCUT2D eigenvalue weighted by molar-refractivity contribution is 7.80. The Balaban J connectivity index is 1.67. The Labute approximate surface area is 204 Å². The van der Waals surface area contributed by atoms with Gasteiger partial charge in [-0.25, -0.2) is 22.0 Å². The molecule has 1 heterocycles. The van der Waals surface area contributed by atoms with Crippen molar-refractivity contribution in [3.8, 4) is 11.5 Å². The third-order valence-electron chi connectivity index (χ3n) is 5.38. The van der Waals surface area contributed by atoms with Crippen LogP contribution < -0.4 is 20.1 Å². The van der Waals surface area contributed by atoms with Gasteiger partial charge in [0.1, 0.15) is 0 Å². The van der Waals surface area contributed by atoms with Crippen LogP contribution in [0.4, 0.5) is 27.6 Å². The zero-order valence-corrected chi connectivity index (χ0v) is 20.2. The number of nitrogens with zero attached hydrogens (tertiary/aromatic N) is 2. The maximum absolute atomic E-state index is 14.1. The third kappa shape index (κ3) is 5.47. The van der Waals surface area contributed by atoms with Crippen LogP contribution in [0.15, 0.2) is 18.2 Å². The molecule has 0 aliphatic carbocycles. The molecule has 0 radical (unpaired) electrons. The smallest absolute Gasteiger partial charge is 0.200 e. The van der Waals surface area contributed by atoms with Crippen molar-refractivity contribution in [1.82, 2.24) is 15.1 Å². The van der Waals surface area contributed by atoms with E-state index in [0.717, 1.165) is 10.2 Å². The average molecular weight is 515 g/mol. The van der Waals surface area contributed by atoms with Crippen LogP contribution in [-0.2, 0) is 13.0 Å². The van der Waals surface area contributed by atoms with E-state index < -0.39 is 41.2 Å². The largest absolute Gasteiger partial charge is 0.493 e. The lowest BCUT2D eigenvalue weighted by Crippen LogP contribution is -2.30. The molecule has 12 heteroatoms. The maximum Gasteiger partial charge on any atom is 0.200 e. The first kappa shape index (κ1) is 26.2. The molecule has 3 aromatic rings. The topological polar surface area (TPSA) is 60.3 Å². The number of hydrogen-bond donors (Lipinski definition) is 2. The van der Waals surface area contributed by atoms with Crippen LogP contribution >= 0.6 is 12.2 Å². The van der Waals surface area contributed by atoms with E-state index in [4.69, 9.17) is 21.7 Å². The van der Waals surface area contributed by atoms with E-state index in [0.29, 0.717) is 41.5 Å². The Morgan fingerprint density at radius 3 is 2.14 bits per heavy atom. The summed E-state index contributed by atoms with van der Waals surface area (Å²) < 4.78 is 80.2. The van der Waals surface area contributed by atoms with Gasteiger partial charge in [-0.15, -0.1) is 0 Å². The Hall–Kier alpha value is -3.41. The first-order valence-electron chi connectivity index (χ1n) is 10.4. The standard InChI is InChI=1S/C23H23F5N4O2S/c1-11-22(30-23(35)29-8-7-13-5-6-15(33-3)16(9-13)34-4)12(2)32(31-11)10-14-17(24)19(26)21(28)20(27)18(14)25/h5-6,9H,7-8,10H2,1-4H3,(H2,29,30,35). The van der Waals surface area contributed by atoms with Crippen LogP contribution in [0.2, 0.25) is 0 Å².